The number of hydrogen-bond donors (Lipinski definition) is 2. The second kappa shape index (κ2) is 7.80. The van der Waals surface area contributed by atoms with Crippen molar-refractivity contribution in [2.24, 2.45) is 0 Å². The molecule has 0 bridgehead atoms. The van der Waals surface area contributed by atoms with Crippen LogP contribution < -0.4 is 5.32 Å². The fraction of sp³-hybridized carbons (Fsp3) is 0.0476. The number of anilines is 1. The van der Waals surface area contributed by atoms with Crippen LogP contribution >= 0.6 is 11.3 Å². The van der Waals surface area contributed by atoms with Crippen LogP contribution in [-0.4, -0.2) is 26.2 Å². The number of benzene rings is 1. The number of furan rings is 1. The lowest BCUT2D eigenvalue weighted by molar-refractivity contribution is 0.102. The summed E-state index contributed by atoms with van der Waals surface area (Å²) < 4.78 is 10.6. The molecule has 148 valence electrons. The van der Waals surface area contributed by atoms with E-state index in [1.165, 1.54) is 0 Å². The van der Waals surface area contributed by atoms with Gasteiger partial charge in [0.15, 0.2) is 11.5 Å². The summed E-state index contributed by atoms with van der Waals surface area (Å²) in [5, 5.41) is 15.9. The topological polar surface area (TPSA) is 110 Å². The molecule has 0 aliphatic rings. The summed E-state index contributed by atoms with van der Waals surface area (Å²) in [5.41, 5.74) is 2.61. The predicted octanol–water partition coefficient (Wildman–Crippen LogP) is 4.62. The minimum absolute atomic E-state index is 0.302. The second-order valence-electron chi connectivity index (χ2n) is 6.42. The summed E-state index contributed by atoms with van der Waals surface area (Å²) >= 11 is 1.58. The lowest BCUT2D eigenvalue weighted by Gasteiger charge is -2.08. The molecule has 0 radical (unpaired) electrons. The minimum atomic E-state index is -0.302. The Morgan fingerprint density at radius 2 is 2.07 bits per heavy atom. The lowest BCUT2D eigenvalue weighted by atomic mass is 10.1. The van der Waals surface area contributed by atoms with Gasteiger partial charge in [0.1, 0.15) is 0 Å². The van der Waals surface area contributed by atoms with E-state index in [1.54, 1.807) is 35.8 Å². The molecule has 30 heavy (non-hydrogen) atoms. The quantitative estimate of drug-likeness (QED) is 0.417. The Balaban J connectivity index is 1.33. The van der Waals surface area contributed by atoms with Crippen LogP contribution in [0.5, 0.6) is 0 Å². The molecule has 2 N–H and O–H groups in total. The van der Waals surface area contributed by atoms with E-state index in [0.29, 0.717) is 35.3 Å². The van der Waals surface area contributed by atoms with Crippen LogP contribution in [0.25, 0.3) is 22.2 Å². The van der Waals surface area contributed by atoms with Crippen LogP contribution in [0.4, 0.5) is 5.69 Å². The summed E-state index contributed by atoms with van der Waals surface area (Å²) in [6.07, 6.45) is 1.92. The summed E-state index contributed by atoms with van der Waals surface area (Å²) in [7, 11) is 0. The minimum Gasteiger partial charge on any atom is -0.461 e. The maximum atomic E-state index is 12.7. The van der Waals surface area contributed by atoms with Crippen molar-refractivity contribution in [3.8, 4) is 22.2 Å². The van der Waals surface area contributed by atoms with E-state index in [0.717, 1.165) is 16.1 Å². The van der Waals surface area contributed by atoms with Crippen LogP contribution in [-0.2, 0) is 6.42 Å². The first-order chi connectivity index (χ1) is 14.8. The average Bonchev–Trinajstić information content (AvgIpc) is 3.56. The molecule has 1 amide bonds. The molecule has 5 rings (SSSR count). The van der Waals surface area contributed by atoms with Gasteiger partial charge < -0.3 is 14.3 Å². The number of rotatable bonds is 6. The van der Waals surface area contributed by atoms with Crippen molar-refractivity contribution in [3.05, 3.63) is 83.4 Å². The van der Waals surface area contributed by atoms with E-state index >= 15 is 0 Å². The zero-order valence-corrected chi connectivity index (χ0v) is 16.3. The van der Waals surface area contributed by atoms with Gasteiger partial charge >= 0.3 is 0 Å². The molecule has 0 spiro atoms. The van der Waals surface area contributed by atoms with Gasteiger partial charge in [-0.25, -0.2) is 0 Å². The third-order valence-corrected chi connectivity index (χ3v) is 5.32. The average molecular weight is 417 g/mol. The number of aromatic nitrogens is 4. The number of nitrogens with zero attached hydrogens (tertiary/aromatic N) is 3. The molecule has 0 aliphatic heterocycles. The number of nitrogens with one attached hydrogen (secondary N) is 2. The fourth-order valence-corrected chi connectivity index (χ4v) is 3.67. The Morgan fingerprint density at radius 3 is 2.90 bits per heavy atom. The first-order valence-corrected chi connectivity index (χ1v) is 9.99. The smallest absolute Gasteiger partial charge is 0.276 e. The standard InChI is InChI=1S/C21H15N5O3S/c27-21(16-12-15(24-25-16)18-8-4-10-30-18)22-14-6-2-1-5-13(14)11-19-23-20(26-29-19)17-7-3-9-28-17/h1-10,12H,11H2,(H,22,27)(H,24,25). The van der Waals surface area contributed by atoms with Gasteiger partial charge in [-0.15, -0.1) is 11.3 Å². The van der Waals surface area contributed by atoms with Crippen molar-refractivity contribution < 1.29 is 13.7 Å². The van der Waals surface area contributed by atoms with Crippen molar-refractivity contribution >= 4 is 22.9 Å². The van der Waals surface area contributed by atoms with E-state index in [2.05, 4.69) is 25.7 Å². The van der Waals surface area contributed by atoms with Crippen molar-refractivity contribution in [1.82, 2.24) is 20.3 Å². The molecule has 4 heterocycles. The Labute approximate surface area is 174 Å². The summed E-state index contributed by atoms with van der Waals surface area (Å²) in [6, 6.07) is 16.6. The van der Waals surface area contributed by atoms with Crippen LogP contribution in [0.2, 0.25) is 0 Å². The van der Waals surface area contributed by atoms with Crippen LogP contribution in [0.3, 0.4) is 0 Å². The van der Waals surface area contributed by atoms with Gasteiger partial charge in [-0.3, -0.25) is 9.89 Å². The monoisotopic (exact) mass is 417 g/mol. The first kappa shape index (κ1) is 18.1. The van der Waals surface area contributed by atoms with Crippen molar-refractivity contribution in [3.63, 3.8) is 0 Å². The first-order valence-electron chi connectivity index (χ1n) is 9.11. The highest BCUT2D eigenvalue weighted by Gasteiger charge is 2.16. The van der Waals surface area contributed by atoms with Crippen molar-refractivity contribution in [2.45, 2.75) is 6.42 Å². The Morgan fingerprint density at radius 1 is 1.13 bits per heavy atom. The largest absolute Gasteiger partial charge is 0.461 e. The van der Waals surface area contributed by atoms with Gasteiger partial charge in [0.05, 0.1) is 23.3 Å². The van der Waals surface area contributed by atoms with Crippen molar-refractivity contribution in [2.75, 3.05) is 5.32 Å². The second-order valence-corrected chi connectivity index (χ2v) is 7.37. The number of thiophene rings is 1. The van der Waals surface area contributed by atoms with Gasteiger partial charge in [-0.1, -0.05) is 29.4 Å². The van der Waals surface area contributed by atoms with Gasteiger partial charge in [-0.05, 0) is 41.3 Å². The van der Waals surface area contributed by atoms with E-state index in [4.69, 9.17) is 8.94 Å². The highest BCUT2D eigenvalue weighted by Crippen LogP contribution is 2.24. The zero-order chi connectivity index (χ0) is 20.3. The molecule has 0 aliphatic carbocycles. The molecule has 0 unspecified atom stereocenters. The molecule has 9 heteroatoms. The predicted molar refractivity (Wildman–Crippen MR) is 111 cm³/mol. The molecule has 4 aromatic heterocycles. The van der Waals surface area contributed by atoms with Gasteiger partial charge in [0.2, 0.25) is 11.7 Å². The van der Waals surface area contributed by atoms with Crippen LogP contribution in [0.15, 0.2) is 75.2 Å². The summed E-state index contributed by atoms with van der Waals surface area (Å²) in [5.74, 6) is 1.03. The molecular weight excluding hydrogens is 402 g/mol. The maximum Gasteiger partial charge on any atom is 0.276 e. The Kier molecular flexibility index (Phi) is 4.70. The number of amides is 1. The lowest BCUT2D eigenvalue weighted by Crippen LogP contribution is -2.14. The molecule has 5 aromatic rings. The number of carbonyl (C=O) groups is 1. The molecule has 1 aromatic carbocycles. The SMILES string of the molecule is O=C(Nc1ccccc1Cc1nc(-c2ccco2)no1)c1cc(-c2cccs2)[nH]n1. The Bertz CT molecular complexity index is 1270. The Hall–Kier alpha value is -3.98. The summed E-state index contributed by atoms with van der Waals surface area (Å²) in [4.78, 5) is 18.1. The number of H-pyrrole nitrogens is 1. The molecule has 8 nitrogen and oxygen atoms in total. The third-order valence-electron chi connectivity index (χ3n) is 4.41. The van der Waals surface area contributed by atoms with E-state index < -0.39 is 0 Å². The van der Waals surface area contributed by atoms with Crippen molar-refractivity contribution in [1.29, 1.82) is 0 Å². The van der Waals surface area contributed by atoms with Gasteiger partial charge in [-0.2, -0.15) is 10.1 Å². The fourth-order valence-electron chi connectivity index (χ4n) is 2.97. The molecular formula is C21H15N5O3S. The molecule has 0 saturated carbocycles. The normalized spacial score (nSPS) is 10.9. The molecule has 0 atom stereocenters. The van der Waals surface area contributed by atoms with E-state index in [-0.39, 0.29) is 5.91 Å². The number of aromatic amines is 1. The number of hydrogen-bond acceptors (Lipinski definition) is 7. The van der Waals surface area contributed by atoms with Gasteiger partial charge in [0, 0.05) is 5.69 Å². The molecule has 0 fully saturated rings. The van der Waals surface area contributed by atoms with Gasteiger partial charge in [0.25, 0.3) is 5.91 Å². The van der Waals surface area contributed by atoms with Crippen LogP contribution in [0.1, 0.15) is 21.9 Å². The van der Waals surface area contributed by atoms with E-state index in [1.807, 2.05) is 41.8 Å². The number of carbonyl (C=O) groups excluding carboxylic acids is 1. The highest BCUT2D eigenvalue weighted by molar-refractivity contribution is 7.13. The maximum absolute atomic E-state index is 12.7. The highest BCUT2D eigenvalue weighted by atomic mass is 32.1. The third kappa shape index (κ3) is 3.65. The summed E-state index contributed by atoms with van der Waals surface area (Å²) in [6.45, 7) is 0. The zero-order valence-electron chi connectivity index (χ0n) is 15.5. The van der Waals surface area contributed by atoms with E-state index in [9.17, 15) is 4.79 Å². The molecule has 0 saturated heterocycles. The number of para-hydroxylation sites is 1. The van der Waals surface area contributed by atoms with Crippen LogP contribution in [0, 0.1) is 0 Å².